The van der Waals surface area contributed by atoms with Gasteiger partial charge in [0.05, 0.1) is 0 Å². The van der Waals surface area contributed by atoms with Crippen molar-refractivity contribution < 1.29 is 23.4 Å². The fraction of sp³-hybridized carbons (Fsp3) is 0.364. The summed E-state index contributed by atoms with van der Waals surface area (Å²) in [6.07, 6.45) is -1.11. The topological polar surface area (TPSA) is 72.6 Å². The lowest BCUT2D eigenvalue weighted by Gasteiger charge is -2.29. The first-order valence-electron chi connectivity index (χ1n) is 4.92. The number of hydrogen-bond acceptors (Lipinski definition) is 3. The minimum atomic E-state index is -3.51. The molecule has 0 saturated carbocycles. The predicted molar refractivity (Wildman–Crippen MR) is 64.5 cm³/mol. The average Bonchev–Trinajstić information content (AvgIpc) is 2.13. The Morgan fingerprint density at radius 1 is 1.39 bits per heavy atom. The van der Waals surface area contributed by atoms with E-state index in [1.54, 1.807) is 0 Å². The summed E-state index contributed by atoms with van der Waals surface area (Å²) in [5, 5.41) is 9.46. The standard InChI is InChI=1S/C11H12BrF2NO3/c1-10(2,17)11(13,14)6-3-7(12)5-8(4-6)18-9(15)16/h3-5,17H,1-2H3,(H2,15,16). The van der Waals surface area contributed by atoms with Crippen molar-refractivity contribution in [1.29, 1.82) is 0 Å². The molecular weight excluding hydrogens is 312 g/mol. The minimum Gasteiger partial charge on any atom is -0.410 e. The highest BCUT2D eigenvalue weighted by atomic mass is 79.9. The number of rotatable bonds is 3. The second-order valence-corrected chi connectivity index (χ2v) is 5.15. The van der Waals surface area contributed by atoms with Crippen LogP contribution in [0.4, 0.5) is 13.6 Å². The van der Waals surface area contributed by atoms with Crippen LogP contribution in [0.15, 0.2) is 22.7 Å². The normalized spacial score (nSPS) is 12.3. The lowest BCUT2D eigenvalue weighted by molar-refractivity contribution is -0.168. The number of hydrogen-bond donors (Lipinski definition) is 2. The number of aliphatic hydroxyl groups is 1. The molecule has 0 atom stereocenters. The number of alkyl halides is 2. The molecular formula is C11H12BrF2NO3. The molecule has 4 nitrogen and oxygen atoms in total. The third-order valence-electron chi connectivity index (χ3n) is 2.22. The van der Waals surface area contributed by atoms with Crippen molar-refractivity contribution in [3.05, 3.63) is 28.2 Å². The Kier molecular flexibility index (Phi) is 3.97. The summed E-state index contributed by atoms with van der Waals surface area (Å²) in [5.41, 5.74) is 2.07. The van der Waals surface area contributed by atoms with E-state index < -0.39 is 23.2 Å². The first-order valence-corrected chi connectivity index (χ1v) is 5.72. The molecule has 7 heteroatoms. The van der Waals surface area contributed by atoms with Crippen LogP contribution in [-0.2, 0) is 5.92 Å². The van der Waals surface area contributed by atoms with E-state index >= 15 is 0 Å². The summed E-state index contributed by atoms with van der Waals surface area (Å²) in [7, 11) is 0. The van der Waals surface area contributed by atoms with Gasteiger partial charge < -0.3 is 15.6 Å². The Balaban J connectivity index is 3.25. The van der Waals surface area contributed by atoms with Crippen LogP contribution < -0.4 is 10.5 Å². The van der Waals surface area contributed by atoms with E-state index in [-0.39, 0.29) is 10.2 Å². The van der Waals surface area contributed by atoms with Gasteiger partial charge in [0.15, 0.2) is 0 Å². The highest BCUT2D eigenvalue weighted by Crippen LogP contribution is 2.40. The Morgan fingerprint density at radius 3 is 2.39 bits per heavy atom. The van der Waals surface area contributed by atoms with Crippen molar-refractivity contribution in [3.63, 3.8) is 0 Å². The Bertz CT molecular complexity index is 472. The molecule has 0 bridgehead atoms. The van der Waals surface area contributed by atoms with Crippen molar-refractivity contribution in [3.8, 4) is 5.75 Å². The molecule has 3 N–H and O–H groups in total. The van der Waals surface area contributed by atoms with E-state index in [4.69, 9.17) is 5.73 Å². The summed E-state index contributed by atoms with van der Waals surface area (Å²) in [6.45, 7) is 1.98. The van der Waals surface area contributed by atoms with Gasteiger partial charge in [-0.1, -0.05) is 15.9 Å². The number of halogens is 3. The number of carbonyl (C=O) groups excluding carboxylic acids is 1. The van der Waals surface area contributed by atoms with Gasteiger partial charge in [0.2, 0.25) is 0 Å². The van der Waals surface area contributed by atoms with Crippen LogP contribution in [0.1, 0.15) is 19.4 Å². The average molecular weight is 324 g/mol. The molecule has 0 aliphatic rings. The molecule has 0 heterocycles. The van der Waals surface area contributed by atoms with E-state index in [0.29, 0.717) is 0 Å². The number of carbonyl (C=O) groups is 1. The molecule has 0 unspecified atom stereocenters. The maximum absolute atomic E-state index is 13.9. The zero-order chi connectivity index (χ0) is 14.1. The van der Waals surface area contributed by atoms with Crippen LogP contribution in [0.25, 0.3) is 0 Å². The molecule has 0 aromatic heterocycles. The number of amides is 1. The van der Waals surface area contributed by atoms with Crippen molar-refractivity contribution in [1.82, 2.24) is 0 Å². The number of benzene rings is 1. The zero-order valence-electron chi connectivity index (χ0n) is 9.71. The van der Waals surface area contributed by atoms with Crippen molar-refractivity contribution >= 4 is 22.0 Å². The molecule has 100 valence electrons. The third-order valence-corrected chi connectivity index (χ3v) is 2.68. The van der Waals surface area contributed by atoms with E-state index in [1.807, 2.05) is 0 Å². The molecule has 0 fully saturated rings. The van der Waals surface area contributed by atoms with Gasteiger partial charge in [-0.05, 0) is 32.0 Å². The van der Waals surface area contributed by atoms with E-state index in [2.05, 4.69) is 20.7 Å². The van der Waals surface area contributed by atoms with Crippen LogP contribution in [0.2, 0.25) is 0 Å². The van der Waals surface area contributed by atoms with Gasteiger partial charge >= 0.3 is 12.0 Å². The van der Waals surface area contributed by atoms with Gasteiger partial charge in [0, 0.05) is 10.0 Å². The molecule has 0 spiro atoms. The first-order chi connectivity index (χ1) is 8.04. The van der Waals surface area contributed by atoms with Gasteiger partial charge in [0.25, 0.3) is 0 Å². The molecule has 0 radical (unpaired) electrons. The Morgan fingerprint density at radius 2 is 1.94 bits per heavy atom. The second kappa shape index (κ2) is 4.81. The minimum absolute atomic E-state index is 0.129. The van der Waals surface area contributed by atoms with Gasteiger partial charge in [-0.2, -0.15) is 8.78 Å². The maximum atomic E-state index is 13.9. The van der Waals surface area contributed by atoms with Crippen molar-refractivity contribution in [2.75, 3.05) is 0 Å². The first kappa shape index (κ1) is 14.8. The zero-order valence-corrected chi connectivity index (χ0v) is 11.3. The summed E-state index contributed by atoms with van der Waals surface area (Å²) < 4.78 is 32.7. The van der Waals surface area contributed by atoms with Crippen LogP contribution in [0, 0.1) is 0 Å². The van der Waals surface area contributed by atoms with Gasteiger partial charge in [0.1, 0.15) is 11.4 Å². The van der Waals surface area contributed by atoms with E-state index in [9.17, 15) is 18.7 Å². The smallest absolute Gasteiger partial charge is 0.409 e. The molecule has 0 aliphatic carbocycles. The van der Waals surface area contributed by atoms with Crippen LogP contribution in [0.5, 0.6) is 5.75 Å². The van der Waals surface area contributed by atoms with E-state index in [0.717, 1.165) is 26.0 Å². The van der Waals surface area contributed by atoms with Crippen molar-refractivity contribution in [2.24, 2.45) is 5.73 Å². The van der Waals surface area contributed by atoms with Gasteiger partial charge in [-0.3, -0.25) is 0 Å². The third kappa shape index (κ3) is 3.17. The quantitative estimate of drug-likeness (QED) is 0.898. The highest BCUT2D eigenvalue weighted by molar-refractivity contribution is 9.10. The van der Waals surface area contributed by atoms with Crippen molar-refractivity contribution in [2.45, 2.75) is 25.4 Å². The SMILES string of the molecule is CC(C)(O)C(F)(F)c1cc(Br)cc(OC(N)=O)c1. The summed E-state index contributed by atoms with van der Waals surface area (Å²) in [6, 6.07) is 3.40. The lowest BCUT2D eigenvalue weighted by atomic mass is 9.93. The van der Waals surface area contributed by atoms with Gasteiger partial charge in [-0.15, -0.1) is 0 Å². The molecule has 18 heavy (non-hydrogen) atoms. The summed E-state index contributed by atoms with van der Waals surface area (Å²) >= 11 is 3.02. The van der Waals surface area contributed by atoms with Crippen LogP contribution in [0.3, 0.4) is 0 Å². The Hall–Kier alpha value is -1.21. The van der Waals surface area contributed by atoms with Gasteiger partial charge in [-0.25, -0.2) is 4.79 Å². The highest BCUT2D eigenvalue weighted by Gasteiger charge is 2.47. The lowest BCUT2D eigenvalue weighted by Crippen LogP contribution is -2.40. The van der Waals surface area contributed by atoms with Crippen LogP contribution in [-0.4, -0.2) is 16.8 Å². The Labute approximate surface area is 111 Å². The molecule has 1 amide bonds. The molecule has 1 aromatic rings. The summed E-state index contributed by atoms with van der Waals surface area (Å²) in [4.78, 5) is 10.6. The maximum Gasteiger partial charge on any atom is 0.409 e. The van der Waals surface area contributed by atoms with Crippen LogP contribution >= 0.6 is 15.9 Å². The monoisotopic (exact) mass is 323 g/mol. The number of nitrogens with two attached hydrogens (primary N) is 1. The molecule has 1 rings (SSSR count). The largest absolute Gasteiger partial charge is 0.410 e. The number of ether oxygens (including phenoxy) is 1. The molecule has 0 saturated heterocycles. The number of primary amides is 1. The second-order valence-electron chi connectivity index (χ2n) is 4.23. The predicted octanol–water partition coefficient (Wildman–Crippen LogP) is 2.77. The fourth-order valence-corrected chi connectivity index (χ4v) is 1.74. The summed E-state index contributed by atoms with van der Waals surface area (Å²) in [5.74, 6) is -3.64. The fourth-order valence-electron chi connectivity index (χ4n) is 1.27. The van der Waals surface area contributed by atoms with E-state index in [1.165, 1.54) is 6.07 Å². The molecule has 1 aromatic carbocycles. The molecule has 0 aliphatic heterocycles.